The molecule has 38 heavy (non-hydrogen) atoms. The summed E-state index contributed by atoms with van der Waals surface area (Å²) in [6, 6.07) is 14.9. The van der Waals surface area contributed by atoms with Crippen molar-refractivity contribution in [3.63, 3.8) is 0 Å². The van der Waals surface area contributed by atoms with Crippen molar-refractivity contribution in [2.24, 2.45) is 11.8 Å². The molecule has 208 valence electrons. The minimum atomic E-state index is -0.586. The van der Waals surface area contributed by atoms with Crippen molar-refractivity contribution in [1.29, 1.82) is 0 Å². The van der Waals surface area contributed by atoms with Gasteiger partial charge in [-0.05, 0) is 73.8 Å². The van der Waals surface area contributed by atoms with E-state index in [0.29, 0.717) is 37.6 Å². The normalized spacial score (nSPS) is 14.9. The summed E-state index contributed by atoms with van der Waals surface area (Å²) in [5.41, 5.74) is 2.64. The van der Waals surface area contributed by atoms with Gasteiger partial charge in [0.1, 0.15) is 11.8 Å². The van der Waals surface area contributed by atoms with E-state index in [4.69, 9.17) is 4.74 Å². The second-order valence-corrected chi connectivity index (χ2v) is 10.9. The van der Waals surface area contributed by atoms with Crippen molar-refractivity contribution >= 4 is 23.2 Å². The molecule has 0 unspecified atom stereocenters. The van der Waals surface area contributed by atoms with Crippen LogP contribution in [0.5, 0.6) is 5.75 Å². The second kappa shape index (κ2) is 14.6. The third-order valence-electron chi connectivity index (χ3n) is 6.52. The predicted octanol–water partition coefficient (Wildman–Crippen LogP) is 3.85. The van der Waals surface area contributed by atoms with Crippen LogP contribution in [0.25, 0.3) is 0 Å². The van der Waals surface area contributed by atoms with E-state index in [0.717, 1.165) is 43.3 Å². The van der Waals surface area contributed by atoms with Gasteiger partial charge in [-0.25, -0.2) is 0 Å². The zero-order valence-electron chi connectivity index (χ0n) is 23.6. The molecule has 1 aliphatic heterocycles. The summed E-state index contributed by atoms with van der Waals surface area (Å²) in [6.07, 6.45) is 0.572. The van der Waals surface area contributed by atoms with Crippen LogP contribution in [-0.2, 0) is 4.79 Å². The maximum Gasteiger partial charge on any atom is 0.251 e. The van der Waals surface area contributed by atoms with Gasteiger partial charge in [0.2, 0.25) is 5.91 Å². The van der Waals surface area contributed by atoms with Gasteiger partial charge in [0.15, 0.2) is 0 Å². The fourth-order valence-corrected chi connectivity index (χ4v) is 4.28. The van der Waals surface area contributed by atoms with Crippen molar-refractivity contribution in [2.75, 3.05) is 63.1 Å². The van der Waals surface area contributed by atoms with E-state index >= 15 is 0 Å². The molecule has 2 amide bonds. The van der Waals surface area contributed by atoms with Crippen molar-refractivity contribution in [3.8, 4) is 5.75 Å². The van der Waals surface area contributed by atoms with Crippen molar-refractivity contribution < 1.29 is 14.3 Å². The lowest BCUT2D eigenvalue weighted by molar-refractivity contribution is -0.123. The molecular formula is C30H45N5O3. The van der Waals surface area contributed by atoms with Gasteiger partial charge in [0.25, 0.3) is 5.91 Å². The van der Waals surface area contributed by atoms with Crippen LogP contribution in [0.2, 0.25) is 0 Å². The van der Waals surface area contributed by atoms with Gasteiger partial charge in [0.05, 0.1) is 6.61 Å². The van der Waals surface area contributed by atoms with Gasteiger partial charge in [-0.15, -0.1) is 0 Å². The SMILES string of the molecule is CC(C)COc1ccc(NCCNC(=O)[C@H](CC(C)C)NC(=O)c2ccc(N3CCN(C)CC3)cc2)cc1. The standard InChI is InChI=1S/C30H45N5O3/c1-22(2)20-28(30(37)32-15-14-31-25-8-12-27(13-9-25)38-21-23(3)4)33-29(36)24-6-10-26(11-7-24)35-18-16-34(5)17-19-35/h6-13,22-23,28,31H,14-21H2,1-5H3,(H,32,37)(H,33,36)/t28-/m0/s1. The Kier molecular flexibility index (Phi) is 11.3. The van der Waals surface area contributed by atoms with Gasteiger partial charge in [-0.1, -0.05) is 27.7 Å². The summed E-state index contributed by atoms with van der Waals surface area (Å²) >= 11 is 0. The Morgan fingerprint density at radius 1 is 0.868 bits per heavy atom. The highest BCUT2D eigenvalue weighted by Crippen LogP contribution is 2.18. The van der Waals surface area contributed by atoms with Crippen LogP contribution in [0.1, 0.15) is 44.5 Å². The number of amides is 2. The lowest BCUT2D eigenvalue weighted by Gasteiger charge is -2.34. The van der Waals surface area contributed by atoms with Crippen molar-refractivity contribution in [1.82, 2.24) is 15.5 Å². The molecule has 1 heterocycles. The number of rotatable bonds is 13. The first kappa shape index (κ1) is 29.3. The van der Waals surface area contributed by atoms with Crippen LogP contribution in [-0.4, -0.2) is 75.7 Å². The minimum Gasteiger partial charge on any atom is -0.493 e. The van der Waals surface area contributed by atoms with Crippen LogP contribution in [0, 0.1) is 11.8 Å². The molecule has 1 atom stereocenters. The smallest absolute Gasteiger partial charge is 0.251 e. The largest absolute Gasteiger partial charge is 0.493 e. The minimum absolute atomic E-state index is 0.166. The maximum atomic E-state index is 13.0. The number of carbonyl (C=O) groups is 2. The van der Waals surface area contributed by atoms with Crippen LogP contribution >= 0.6 is 0 Å². The molecule has 0 radical (unpaired) electrons. The number of ether oxygens (including phenoxy) is 1. The molecule has 0 bridgehead atoms. The summed E-state index contributed by atoms with van der Waals surface area (Å²) in [4.78, 5) is 30.5. The number of likely N-dealkylation sites (N-methyl/N-ethyl adjacent to an activating group) is 1. The summed E-state index contributed by atoms with van der Waals surface area (Å²) in [7, 11) is 2.13. The fraction of sp³-hybridized carbons (Fsp3) is 0.533. The van der Waals surface area contributed by atoms with Gasteiger partial charge in [0, 0.05) is 56.2 Å². The van der Waals surface area contributed by atoms with Crippen molar-refractivity contribution in [3.05, 3.63) is 54.1 Å². The molecular weight excluding hydrogens is 478 g/mol. The molecule has 8 heteroatoms. The monoisotopic (exact) mass is 523 g/mol. The molecule has 2 aromatic rings. The van der Waals surface area contributed by atoms with E-state index in [1.807, 2.05) is 62.4 Å². The first-order valence-corrected chi connectivity index (χ1v) is 13.8. The molecule has 0 aromatic heterocycles. The predicted molar refractivity (Wildman–Crippen MR) is 155 cm³/mol. The van der Waals surface area contributed by atoms with Crippen LogP contribution in [0.3, 0.4) is 0 Å². The van der Waals surface area contributed by atoms with Crippen LogP contribution in [0.4, 0.5) is 11.4 Å². The highest BCUT2D eigenvalue weighted by molar-refractivity contribution is 5.97. The van der Waals surface area contributed by atoms with Crippen LogP contribution < -0.4 is 25.6 Å². The van der Waals surface area contributed by atoms with Crippen LogP contribution in [0.15, 0.2) is 48.5 Å². The first-order chi connectivity index (χ1) is 18.2. The molecule has 1 fully saturated rings. The number of carbonyl (C=O) groups excluding carboxylic acids is 2. The topological polar surface area (TPSA) is 85.9 Å². The number of benzene rings is 2. The lowest BCUT2D eigenvalue weighted by atomic mass is 10.0. The first-order valence-electron chi connectivity index (χ1n) is 13.8. The molecule has 0 saturated carbocycles. The zero-order chi connectivity index (χ0) is 27.5. The van der Waals surface area contributed by atoms with Gasteiger partial charge in [-0.2, -0.15) is 0 Å². The molecule has 2 aromatic carbocycles. The van der Waals surface area contributed by atoms with E-state index in [1.54, 1.807) is 0 Å². The Morgan fingerprint density at radius 2 is 1.53 bits per heavy atom. The van der Waals surface area contributed by atoms with Gasteiger partial charge in [-0.3, -0.25) is 9.59 Å². The number of nitrogens with one attached hydrogen (secondary N) is 3. The maximum absolute atomic E-state index is 13.0. The third-order valence-corrected chi connectivity index (χ3v) is 6.52. The highest BCUT2D eigenvalue weighted by atomic mass is 16.5. The van der Waals surface area contributed by atoms with Gasteiger partial charge >= 0.3 is 0 Å². The quantitative estimate of drug-likeness (QED) is 0.346. The summed E-state index contributed by atoms with van der Waals surface area (Å²) < 4.78 is 5.72. The number of anilines is 2. The average molecular weight is 524 g/mol. The fourth-order valence-electron chi connectivity index (χ4n) is 4.28. The Labute approximate surface area is 228 Å². The molecule has 0 spiro atoms. The molecule has 1 saturated heterocycles. The van der Waals surface area contributed by atoms with E-state index in [2.05, 4.69) is 46.6 Å². The number of hydrogen-bond acceptors (Lipinski definition) is 6. The summed E-state index contributed by atoms with van der Waals surface area (Å²) in [5.74, 6) is 1.20. The molecule has 1 aliphatic rings. The Morgan fingerprint density at radius 3 is 2.13 bits per heavy atom. The second-order valence-electron chi connectivity index (χ2n) is 10.9. The third kappa shape index (κ3) is 9.56. The Balaban J connectivity index is 1.46. The lowest BCUT2D eigenvalue weighted by Crippen LogP contribution is -2.48. The number of nitrogens with zero attached hydrogens (tertiary/aromatic N) is 2. The van der Waals surface area contributed by atoms with Gasteiger partial charge < -0.3 is 30.5 Å². The van der Waals surface area contributed by atoms with Crippen molar-refractivity contribution in [2.45, 2.75) is 40.2 Å². The average Bonchev–Trinajstić information content (AvgIpc) is 2.90. The molecule has 0 aliphatic carbocycles. The van der Waals surface area contributed by atoms with E-state index in [-0.39, 0.29) is 17.7 Å². The summed E-state index contributed by atoms with van der Waals surface area (Å²) in [6.45, 7) is 14.1. The van der Waals surface area contributed by atoms with E-state index in [1.165, 1.54) is 0 Å². The van der Waals surface area contributed by atoms with E-state index < -0.39 is 6.04 Å². The van der Waals surface area contributed by atoms with E-state index in [9.17, 15) is 9.59 Å². The Bertz CT molecular complexity index is 1000. The molecule has 3 rings (SSSR count). The molecule has 8 nitrogen and oxygen atoms in total. The Hall–Kier alpha value is -3.26. The number of hydrogen-bond donors (Lipinski definition) is 3. The highest BCUT2D eigenvalue weighted by Gasteiger charge is 2.22. The zero-order valence-corrected chi connectivity index (χ0v) is 23.6. The summed E-state index contributed by atoms with van der Waals surface area (Å²) in [5, 5.41) is 9.22. The number of piperazine rings is 1. The molecule has 3 N–H and O–H groups in total.